The zero-order valence-corrected chi connectivity index (χ0v) is 31.9. The molecule has 2 fully saturated rings. The lowest BCUT2D eigenvalue weighted by molar-refractivity contribution is -0.160. The fourth-order valence-corrected chi connectivity index (χ4v) is 16.7. The largest absolute Gasteiger partial charge is 0.493 e. The number of aliphatic hydroxyl groups is 1. The highest BCUT2D eigenvalue weighted by molar-refractivity contribution is 6.74. The molecule has 258 valence electrons. The quantitative estimate of drug-likeness (QED) is 0.180. The molecule has 12 heteroatoms. The molecule has 0 spiro atoms. The number of fused-ring (bicyclic) bond motifs is 1. The first-order valence-corrected chi connectivity index (χ1v) is 19.2. The number of aliphatic hydroxyl groups excluding tert-OH is 1. The van der Waals surface area contributed by atoms with Gasteiger partial charge in [0.05, 0.1) is 19.5 Å². The Kier molecular flexibility index (Phi) is 13.5. The molecule has 0 aromatic rings. The topological polar surface area (TPSA) is 103 Å². The molecule has 0 radical (unpaired) electrons. The maximum atomic E-state index is 10.3. The van der Waals surface area contributed by atoms with Crippen molar-refractivity contribution in [2.75, 3.05) is 41.0 Å². The van der Waals surface area contributed by atoms with Crippen LogP contribution in [0.25, 0.3) is 0 Å². The Morgan fingerprint density at radius 2 is 1.32 bits per heavy atom. The van der Waals surface area contributed by atoms with Gasteiger partial charge in [0.1, 0.15) is 50.2 Å². The summed E-state index contributed by atoms with van der Waals surface area (Å²) in [7, 11) is -1.97. The standard InChI is InChI=1S/C16H30O5Si.C16H32O5Si/c1-15(2,3)22(16(4,5)6)20-10-13-14(21-22)12(8-9-18-13)19-11-17-7;1-9-13(19-11-18-8)14-12(17)10-20-22(21-14,15(2,3)4)16(5,6)7/h8-9,12-14H,10-11H2,1-7H3;9,12-14,17H,1,10-11H2,2-8H3/t12-,13-,14+;12-,13-,14-/m11/s1. The summed E-state index contributed by atoms with van der Waals surface area (Å²) in [5.74, 6) is 0. The van der Waals surface area contributed by atoms with E-state index in [9.17, 15) is 5.11 Å². The average Bonchev–Trinajstić information content (AvgIpc) is 2.90. The highest BCUT2D eigenvalue weighted by Gasteiger charge is 2.64. The SMILES string of the molecule is C=C[C@@H](OCOC)[C@@H]1O[Si](C(C)(C)C)(C(C)(C)C)OC[C@H]1O.COCO[C@@H]1C=CO[C@@H]2CO[Si](C(C)(C)C)(C(C)(C)C)O[C@@H]12. The van der Waals surface area contributed by atoms with E-state index in [0.29, 0.717) is 6.61 Å². The molecule has 0 amide bonds. The summed E-state index contributed by atoms with van der Waals surface area (Å²) < 4.78 is 52.8. The molecule has 0 aromatic heterocycles. The van der Waals surface area contributed by atoms with Crippen LogP contribution in [0.4, 0.5) is 0 Å². The first kappa shape index (κ1) is 39.5. The van der Waals surface area contributed by atoms with Crippen LogP contribution in [0, 0.1) is 0 Å². The number of ether oxygens (including phenoxy) is 5. The Morgan fingerprint density at radius 1 is 0.818 bits per heavy atom. The molecule has 3 heterocycles. The lowest BCUT2D eigenvalue weighted by Crippen LogP contribution is -2.67. The summed E-state index contributed by atoms with van der Waals surface area (Å²) in [6, 6.07) is 0. The Bertz CT molecular complexity index is 871. The van der Waals surface area contributed by atoms with Gasteiger partial charge in [-0.2, -0.15) is 0 Å². The van der Waals surface area contributed by atoms with E-state index in [4.69, 9.17) is 41.4 Å². The van der Waals surface area contributed by atoms with Crippen LogP contribution < -0.4 is 0 Å². The van der Waals surface area contributed by atoms with Crippen LogP contribution in [0.1, 0.15) is 83.1 Å². The number of rotatable bonds is 8. The van der Waals surface area contributed by atoms with Crippen LogP contribution in [0.5, 0.6) is 0 Å². The van der Waals surface area contributed by atoms with Gasteiger partial charge >= 0.3 is 17.1 Å². The van der Waals surface area contributed by atoms with E-state index >= 15 is 0 Å². The second kappa shape index (κ2) is 15.1. The molecule has 0 saturated carbocycles. The third kappa shape index (κ3) is 8.43. The third-order valence-corrected chi connectivity index (χ3v) is 18.6. The predicted molar refractivity (Wildman–Crippen MR) is 176 cm³/mol. The summed E-state index contributed by atoms with van der Waals surface area (Å²) in [6.45, 7) is 31.0. The zero-order valence-electron chi connectivity index (χ0n) is 29.9. The van der Waals surface area contributed by atoms with E-state index in [1.807, 2.05) is 6.08 Å². The van der Waals surface area contributed by atoms with Crippen molar-refractivity contribution >= 4 is 17.1 Å². The Balaban J connectivity index is 0.000000307. The molecule has 3 aliphatic rings. The number of methoxy groups -OCH3 is 2. The molecule has 0 aromatic carbocycles. The first-order chi connectivity index (χ1) is 20.1. The maximum absolute atomic E-state index is 10.3. The minimum Gasteiger partial charge on any atom is -0.493 e. The third-order valence-electron chi connectivity index (χ3n) is 8.37. The van der Waals surface area contributed by atoms with Crippen molar-refractivity contribution in [3.8, 4) is 0 Å². The van der Waals surface area contributed by atoms with Gasteiger partial charge in [-0.3, -0.25) is 0 Å². The van der Waals surface area contributed by atoms with Crippen LogP contribution in [0.15, 0.2) is 25.0 Å². The summed E-state index contributed by atoms with van der Waals surface area (Å²) in [6.07, 6.45) is 3.11. The van der Waals surface area contributed by atoms with Gasteiger partial charge in [-0.05, 0) is 6.08 Å². The van der Waals surface area contributed by atoms with Crippen molar-refractivity contribution in [3.63, 3.8) is 0 Å². The van der Waals surface area contributed by atoms with E-state index in [-0.39, 0.29) is 58.7 Å². The fraction of sp³-hybridized carbons (Fsp3) is 0.875. The molecule has 3 rings (SSSR count). The first-order valence-electron chi connectivity index (χ1n) is 15.6. The van der Waals surface area contributed by atoms with Gasteiger partial charge in [-0.25, -0.2) is 0 Å². The molecule has 3 aliphatic heterocycles. The Labute approximate surface area is 269 Å². The van der Waals surface area contributed by atoms with E-state index < -0.39 is 35.4 Å². The minimum atomic E-state index is -2.64. The summed E-state index contributed by atoms with van der Waals surface area (Å²) >= 11 is 0. The summed E-state index contributed by atoms with van der Waals surface area (Å²) in [4.78, 5) is 0. The van der Waals surface area contributed by atoms with Crippen molar-refractivity contribution in [2.45, 2.75) is 140 Å². The van der Waals surface area contributed by atoms with Crippen molar-refractivity contribution in [3.05, 3.63) is 25.0 Å². The fourth-order valence-electron chi connectivity index (χ4n) is 6.78. The van der Waals surface area contributed by atoms with Gasteiger partial charge in [0, 0.05) is 34.4 Å². The lowest BCUT2D eigenvalue weighted by atomic mass is 10.1. The van der Waals surface area contributed by atoms with Gasteiger partial charge in [0.15, 0.2) is 0 Å². The van der Waals surface area contributed by atoms with Crippen LogP contribution >= 0.6 is 0 Å². The van der Waals surface area contributed by atoms with Crippen molar-refractivity contribution < 1.29 is 46.5 Å². The zero-order chi connectivity index (χ0) is 33.8. The van der Waals surface area contributed by atoms with E-state index in [0.717, 1.165) is 0 Å². The molecule has 6 atom stereocenters. The Hall–Kier alpha value is -0.646. The highest BCUT2D eigenvalue weighted by atomic mass is 28.4. The van der Waals surface area contributed by atoms with Crippen LogP contribution in [-0.2, 0) is 41.4 Å². The molecule has 0 unspecified atom stereocenters. The molecule has 44 heavy (non-hydrogen) atoms. The van der Waals surface area contributed by atoms with Crippen molar-refractivity contribution in [1.82, 2.24) is 0 Å². The lowest BCUT2D eigenvalue weighted by Gasteiger charge is -2.55. The maximum Gasteiger partial charge on any atom is 0.349 e. The average molecular weight is 663 g/mol. The van der Waals surface area contributed by atoms with Gasteiger partial charge in [-0.15, -0.1) is 6.58 Å². The molecular formula is C32H62O10Si2. The van der Waals surface area contributed by atoms with Gasteiger partial charge in [0.25, 0.3) is 0 Å². The second-order valence-corrected chi connectivity index (χ2v) is 25.4. The summed E-state index contributed by atoms with van der Waals surface area (Å²) in [5.41, 5.74) is 0. The van der Waals surface area contributed by atoms with Gasteiger partial charge < -0.3 is 46.5 Å². The molecule has 2 saturated heterocycles. The van der Waals surface area contributed by atoms with Crippen LogP contribution in [0.2, 0.25) is 20.2 Å². The molecule has 1 N–H and O–H groups in total. The predicted octanol–water partition coefficient (Wildman–Crippen LogP) is 6.33. The smallest absolute Gasteiger partial charge is 0.349 e. The Morgan fingerprint density at radius 3 is 1.80 bits per heavy atom. The van der Waals surface area contributed by atoms with Crippen molar-refractivity contribution in [2.24, 2.45) is 0 Å². The molecule has 10 nitrogen and oxygen atoms in total. The van der Waals surface area contributed by atoms with Crippen LogP contribution in [0.3, 0.4) is 0 Å². The normalized spacial score (nSPS) is 29.5. The summed E-state index contributed by atoms with van der Waals surface area (Å²) in [5, 5.41) is 9.95. The second-order valence-electron chi connectivity index (χ2n) is 15.9. The van der Waals surface area contributed by atoms with Crippen LogP contribution in [-0.4, -0.2) is 99.9 Å². The van der Waals surface area contributed by atoms with Gasteiger partial charge in [0.2, 0.25) is 0 Å². The minimum absolute atomic E-state index is 0.0524. The monoisotopic (exact) mass is 662 g/mol. The van der Waals surface area contributed by atoms with Gasteiger partial charge in [-0.1, -0.05) is 89.2 Å². The number of hydrogen-bond acceptors (Lipinski definition) is 10. The molecule has 0 bridgehead atoms. The molecule has 0 aliphatic carbocycles. The van der Waals surface area contributed by atoms with E-state index in [1.54, 1.807) is 26.6 Å². The van der Waals surface area contributed by atoms with E-state index in [2.05, 4.69) is 89.7 Å². The number of hydrogen-bond donors (Lipinski definition) is 1. The molecular weight excluding hydrogens is 601 g/mol. The van der Waals surface area contributed by atoms with E-state index in [1.165, 1.54) is 0 Å². The highest BCUT2D eigenvalue weighted by Crippen LogP contribution is 2.56. The van der Waals surface area contributed by atoms with Crippen molar-refractivity contribution in [1.29, 1.82) is 0 Å².